The summed E-state index contributed by atoms with van der Waals surface area (Å²) in [5.74, 6) is 3.21. The quantitative estimate of drug-likeness (QED) is 0.588. The highest BCUT2D eigenvalue weighted by Crippen LogP contribution is 2.24. The second-order valence-electron chi connectivity index (χ2n) is 7.91. The van der Waals surface area contributed by atoms with E-state index in [-0.39, 0.29) is 5.91 Å². The number of hydrogen-bond acceptors (Lipinski definition) is 7. The van der Waals surface area contributed by atoms with Crippen molar-refractivity contribution in [1.82, 2.24) is 15.1 Å². The van der Waals surface area contributed by atoms with Gasteiger partial charge in [-0.2, -0.15) is 0 Å². The van der Waals surface area contributed by atoms with Crippen LogP contribution in [0.3, 0.4) is 0 Å². The third kappa shape index (κ3) is 5.20. The first-order chi connectivity index (χ1) is 15.0. The zero-order valence-corrected chi connectivity index (χ0v) is 18.2. The van der Waals surface area contributed by atoms with Crippen LogP contribution in [0.4, 0.5) is 23.0 Å². The van der Waals surface area contributed by atoms with Gasteiger partial charge in [-0.1, -0.05) is 5.16 Å². The molecule has 0 unspecified atom stereocenters. The molecule has 0 radical (unpaired) electrons. The molecule has 1 amide bonds. The summed E-state index contributed by atoms with van der Waals surface area (Å²) in [4.78, 5) is 23.7. The minimum Gasteiger partial charge on any atom is -0.361 e. The van der Waals surface area contributed by atoms with E-state index in [0.717, 1.165) is 58.9 Å². The molecule has 1 aromatic carbocycles. The number of aryl methyl sites for hydroxylation is 3. The fourth-order valence-corrected chi connectivity index (χ4v) is 3.83. The summed E-state index contributed by atoms with van der Waals surface area (Å²) in [5.41, 5.74) is 3.50. The summed E-state index contributed by atoms with van der Waals surface area (Å²) in [6.07, 6.45) is 3.40. The molecule has 1 saturated heterocycles. The summed E-state index contributed by atoms with van der Waals surface area (Å²) in [6, 6.07) is 9.60. The Balaban J connectivity index is 1.34. The number of anilines is 4. The van der Waals surface area contributed by atoms with Crippen LogP contribution in [0, 0.1) is 20.8 Å². The average Bonchev–Trinajstić information content (AvgIpc) is 3.38. The first-order valence-corrected chi connectivity index (χ1v) is 10.7. The molecule has 31 heavy (non-hydrogen) atoms. The standard InChI is InChI=1S/C23H28N6O2/c1-15-20(16(2)31-28-15)10-11-23(30)27-19-8-6-18(7-9-19)26-21-14-22(25-17(3)24-21)29-12-4-5-13-29/h6-9,14H,4-5,10-13H2,1-3H3,(H,27,30)(H,24,25,26). The van der Waals surface area contributed by atoms with Crippen molar-refractivity contribution in [2.45, 2.75) is 46.5 Å². The molecular formula is C23H28N6O2. The highest BCUT2D eigenvalue weighted by Gasteiger charge is 2.15. The van der Waals surface area contributed by atoms with E-state index in [4.69, 9.17) is 4.52 Å². The molecule has 1 aliphatic heterocycles. The molecule has 0 aliphatic carbocycles. The molecule has 2 aromatic heterocycles. The molecular weight excluding hydrogens is 392 g/mol. The largest absolute Gasteiger partial charge is 0.361 e. The van der Waals surface area contributed by atoms with Gasteiger partial charge >= 0.3 is 0 Å². The minimum absolute atomic E-state index is 0.0395. The Labute approximate surface area is 182 Å². The lowest BCUT2D eigenvalue weighted by Gasteiger charge is -2.18. The first kappa shape index (κ1) is 20.8. The van der Waals surface area contributed by atoms with E-state index in [1.807, 2.05) is 51.1 Å². The number of nitrogens with zero attached hydrogens (tertiary/aromatic N) is 4. The fraction of sp³-hybridized carbons (Fsp3) is 0.391. The minimum atomic E-state index is -0.0395. The lowest BCUT2D eigenvalue weighted by molar-refractivity contribution is -0.116. The van der Waals surface area contributed by atoms with E-state index in [0.29, 0.717) is 12.8 Å². The van der Waals surface area contributed by atoms with E-state index < -0.39 is 0 Å². The highest BCUT2D eigenvalue weighted by molar-refractivity contribution is 5.91. The van der Waals surface area contributed by atoms with Gasteiger partial charge in [0.1, 0.15) is 23.2 Å². The molecule has 8 heteroatoms. The topological polar surface area (TPSA) is 96.2 Å². The third-order valence-electron chi connectivity index (χ3n) is 5.48. The van der Waals surface area contributed by atoms with Crippen LogP contribution in [0.25, 0.3) is 0 Å². The third-order valence-corrected chi connectivity index (χ3v) is 5.48. The summed E-state index contributed by atoms with van der Waals surface area (Å²) in [7, 11) is 0. The highest BCUT2D eigenvalue weighted by atomic mass is 16.5. The molecule has 0 bridgehead atoms. The van der Waals surface area contributed by atoms with E-state index in [1.165, 1.54) is 12.8 Å². The van der Waals surface area contributed by atoms with Gasteiger partial charge in [-0.25, -0.2) is 9.97 Å². The summed E-state index contributed by atoms with van der Waals surface area (Å²) < 4.78 is 5.15. The van der Waals surface area contributed by atoms with Crippen LogP contribution in [-0.2, 0) is 11.2 Å². The van der Waals surface area contributed by atoms with Crippen LogP contribution in [0.5, 0.6) is 0 Å². The zero-order chi connectivity index (χ0) is 21.8. The number of amides is 1. The Hall–Kier alpha value is -3.42. The molecule has 162 valence electrons. The number of benzene rings is 1. The summed E-state index contributed by atoms with van der Waals surface area (Å²) in [6.45, 7) is 7.75. The van der Waals surface area contributed by atoms with Crippen molar-refractivity contribution < 1.29 is 9.32 Å². The van der Waals surface area contributed by atoms with Crippen LogP contribution in [0.15, 0.2) is 34.9 Å². The van der Waals surface area contributed by atoms with Crippen LogP contribution in [0.2, 0.25) is 0 Å². The summed E-state index contributed by atoms with van der Waals surface area (Å²) in [5, 5.41) is 10.2. The van der Waals surface area contributed by atoms with Gasteiger partial charge < -0.3 is 20.1 Å². The SMILES string of the molecule is Cc1nc(Nc2ccc(NC(=O)CCc3c(C)noc3C)cc2)cc(N2CCCC2)n1. The van der Waals surface area contributed by atoms with Gasteiger partial charge in [-0.15, -0.1) is 0 Å². The van der Waals surface area contributed by atoms with Gasteiger partial charge in [0.25, 0.3) is 0 Å². The molecule has 2 N–H and O–H groups in total. The maximum Gasteiger partial charge on any atom is 0.224 e. The normalized spacial score (nSPS) is 13.5. The predicted molar refractivity (Wildman–Crippen MR) is 121 cm³/mol. The summed E-state index contributed by atoms with van der Waals surface area (Å²) >= 11 is 0. The molecule has 4 rings (SSSR count). The Morgan fingerprint density at radius 1 is 1.06 bits per heavy atom. The Bertz CT molecular complexity index is 1030. The average molecular weight is 421 g/mol. The number of rotatable bonds is 7. The van der Waals surface area contributed by atoms with Crippen molar-refractivity contribution in [3.8, 4) is 0 Å². The molecule has 0 atom stereocenters. The number of hydrogen-bond donors (Lipinski definition) is 2. The molecule has 8 nitrogen and oxygen atoms in total. The monoisotopic (exact) mass is 420 g/mol. The molecule has 1 fully saturated rings. The van der Waals surface area contributed by atoms with E-state index in [9.17, 15) is 4.79 Å². The van der Waals surface area contributed by atoms with Gasteiger partial charge in [-0.05, 0) is 64.3 Å². The van der Waals surface area contributed by atoms with Gasteiger partial charge in [0.05, 0.1) is 5.69 Å². The van der Waals surface area contributed by atoms with Crippen molar-refractivity contribution >= 4 is 28.9 Å². The van der Waals surface area contributed by atoms with E-state index >= 15 is 0 Å². The first-order valence-electron chi connectivity index (χ1n) is 10.7. The number of carbonyl (C=O) groups excluding carboxylic acids is 1. The smallest absolute Gasteiger partial charge is 0.224 e. The van der Waals surface area contributed by atoms with E-state index in [1.54, 1.807) is 0 Å². The number of aromatic nitrogens is 3. The van der Waals surface area contributed by atoms with Crippen LogP contribution >= 0.6 is 0 Å². The molecule has 1 aliphatic rings. The predicted octanol–water partition coefficient (Wildman–Crippen LogP) is 4.30. The second-order valence-corrected chi connectivity index (χ2v) is 7.91. The van der Waals surface area contributed by atoms with Crippen molar-refractivity contribution in [1.29, 1.82) is 0 Å². The Morgan fingerprint density at radius 3 is 2.45 bits per heavy atom. The van der Waals surface area contributed by atoms with Crippen molar-refractivity contribution in [2.75, 3.05) is 28.6 Å². The fourth-order valence-electron chi connectivity index (χ4n) is 3.83. The van der Waals surface area contributed by atoms with Gasteiger partial charge in [-0.3, -0.25) is 4.79 Å². The molecule has 0 saturated carbocycles. The molecule has 0 spiro atoms. The number of carbonyl (C=O) groups is 1. The Morgan fingerprint density at radius 2 is 1.77 bits per heavy atom. The molecule has 3 aromatic rings. The van der Waals surface area contributed by atoms with Crippen molar-refractivity contribution in [3.05, 3.63) is 53.2 Å². The van der Waals surface area contributed by atoms with E-state index in [2.05, 4.69) is 30.7 Å². The lowest BCUT2D eigenvalue weighted by atomic mass is 10.1. The van der Waals surface area contributed by atoms with Gasteiger partial charge in [0, 0.05) is 42.5 Å². The van der Waals surface area contributed by atoms with Gasteiger partial charge in [0.2, 0.25) is 5.91 Å². The van der Waals surface area contributed by atoms with Crippen LogP contribution in [-0.4, -0.2) is 34.1 Å². The zero-order valence-electron chi connectivity index (χ0n) is 18.2. The number of nitrogens with one attached hydrogen (secondary N) is 2. The van der Waals surface area contributed by atoms with Crippen molar-refractivity contribution in [3.63, 3.8) is 0 Å². The lowest BCUT2D eigenvalue weighted by Crippen LogP contribution is -2.19. The molecule has 3 heterocycles. The maximum absolute atomic E-state index is 12.3. The van der Waals surface area contributed by atoms with Crippen LogP contribution in [0.1, 0.15) is 42.1 Å². The second kappa shape index (κ2) is 9.16. The van der Waals surface area contributed by atoms with Crippen LogP contribution < -0.4 is 15.5 Å². The van der Waals surface area contributed by atoms with Gasteiger partial charge in [0.15, 0.2) is 0 Å². The van der Waals surface area contributed by atoms with Crippen molar-refractivity contribution in [2.24, 2.45) is 0 Å². The Kier molecular flexibility index (Phi) is 6.16. The maximum atomic E-state index is 12.3.